The Morgan fingerprint density at radius 1 is 1.45 bits per heavy atom. The minimum atomic E-state index is 0.0338. The number of nitrogens with one attached hydrogen (secondary N) is 1. The highest BCUT2D eigenvalue weighted by molar-refractivity contribution is 5.47. The van der Waals surface area contributed by atoms with Gasteiger partial charge in [-0.15, -0.1) is 0 Å². The van der Waals surface area contributed by atoms with Gasteiger partial charge in [0.25, 0.3) is 5.56 Å². The number of aromatic nitrogens is 2. The molecule has 0 bridgehead atoms. The Bertz CT molecular complexity index is 336. The van der Waals surface area contributed by atoms with Gasteiger partial charge in [0.15, 0.2) is 0 Å². The van der Waals surface area contributed by atoms with Crippen molar-refractivity contribution in [2.24, 2.45) is 0 Å². The molecule has 11 heavy (non-hydrogen) atoms. The van der Waals surface area contributed by atoms with E-state index in [2.05, 4.69) is 10.00 Å². The van der Waals surface area contributed by atoms with E-state index in [4.69, 9.17) is 0 Å². The van der Waals surface area contributed by atoms with Crippen molar-refractivity contribution in [3.63, 3.8) is 0 Å². The van der Waals surface area contributed by atoms with Gasteiger partial charge in [0, 0.05) is 13.6 Å². The van der Waals surface area contributed by atoms with Crippen molar-refractivity contribution in [3.05, 3.63) is 15.9 Å². The number of H-pyrrole nitrogens is 1. The van der Waals surface area contributed by atoms with Gasteiger partial charge in [-0.2, -0.15) is 0 Å². The van der Waals surface area contributed by atoms with Crippen LogP contribution in [0.1, 0.15) is 5.56 Å². The second-order valence-corrected chi connectivity index (χ2v) is 2.96. The Morgan fingerprint density at radius 2 is 2.18 bits per heavy atom. The van der Waals surface area contributed by atoms with E-state index < -0.39 is 0 Å². The number of rotatable bonds is 0. The molecule has 60 valence electrons. The highest BCUT2D eigenvalue weighted by Crippen LogP contribution is 2.19. The summed E-state index contributed by atoms with van der Waals surface area (Å²) in [4.78, 5) is 13.2. The average molecular weight is 153 g/mol. The normalized spacial score (nSPS) is 15.6. The molecule has 1 aromatic rings. The zero-order chi connectivity index (χ0) is 8.01. The van der Waals surface area contributed by atoms with Crippen LogP contribution in [0.4, 0.5) is 5.82 Å². The summed E-state index contributed by atoms with van der Waals surface area (Å²) in [5.41, 5.74) is 0.858. The fourth-order valence-electron chi connectivity index (χ4n) is 1.57. The van der Waals surface area contributed by atoms with Crippen LogP contribution < -0.4 is 10.5 Å². The largest absolute Gasteiger partial charge is 0.358 e. The molecule has 0 amide bonds. The Balaban J connectivity index is 2.67. The first-order chi connectivity index (χ1) is 5.20. The van der Waals surface area contributed by atoms with E-state index in [1.54, 1.807) is 0 Å². The first-order valence-electron chi connectivity index (χ1n) is 3.70. The third-order valence-electron chi connectivity index (χ3n) is 2.19. The van der Waals surface area contributed by atoms with Gasteiger partial charge in [-0.1, -0.05) is 0 Å². The molecule has 0 spiro atoms. The van der Waals surface area contributed by atoms with Crippen LogP contribution in [0.15, 0.2) is 4.79 Å². The summed E-state index contributed by atoms with van der Waals surface area (Å²) in [6.07, 6.45) is 0. The monoisotopic (exact) mass is 153 g/mol. The number of fused-ring (bicyclic) bond motifs is 1. The van der Waals surface area contributed by atoms with Crippen molar-refractivity contribution >= 4 is 5.82 Å². The first kappa shape index (κ1) is 6.52. The number of likely N-dealkylation sites (N-methyl/N-ethyl adjacent to an activating group) is 1. The van der Waals surface area contributed by atoms with Crippen LogP contribution in [0.25, 0.3) is 0 Å². The zero-order valence-corrected chi connectivity index (χ0v) is 6.72. The number of hydrogen-bond donors (Lipinski definition) is 1. The second kappa shape index (κ2) is 1.90. The summed E-state index contributed by atoms with van der Waals surface area (Å²) in [5, 5.41) is 2.77. The Morgan fingerprint density at radius 3 is 2.82 bits per heavy atom. The van der Waals surface area contributed by atoms with E-state index in [-0.39, 0.29) is 5.56 Å². The summed E-state index contributed by atoms with van der Waals surface area (Å²) in [7, 11) is 2.00. The predicted octanol–water partition coefficient (Wildman–Crippen LogP) is -0.0654. The lowest BCUT2D eigenvalue weighted by atomic mass is 10.3. The van der Waals surface area contributed by atoms with E-state index in [1.165, 1.54) is 0 Å². The lowest BCUT2D eigenvalue weighted by Crippen LogP contribution is -2.16. The molecule has 1 aromatic heterocycles. The van der Waals surface area contributed by atoms with E-state index in [0.29, 0.717) is 0 Å². The Kier molecular flexibility index (Phi) is 1.13. The van der Waals surface area contributed by atoms with E-state index >= 15 is 0 Å². The Labute approximate surface area is 64.4 Å². The van der Waals surface area contributed by atoms with Gasteiger partial charge >= 0.3 is 0 Å². The first-order valence-corrected chi connectivity index (χ1v) is 3.70. The molecule has 0 aromatic carbocycles. The van der Waals surface area contributed by atoms with Crippen molar-refractivity contribution < 1.29 is 0 Å². The van der Waals surface area contributed by atoms with Crippen LogP contribution >= 0.6 is 0 Å². The summed E-state index contributed by atoms with van der Waals surface area (Å²) >= 11 is 0. The molecule has 4 nitrogen and oxygen atoms in total. The Hall–Kier alpha value is -1.19. The maximum atomic E-state index is 11.1. The number of nitrogens with zero attached hydrogens (tertiary/aromatic N) is 2. The van der Waals surface area contributed by atoms with Gasteiger partial charge in [-0.3, -0.25) is 14.6 Å². The summed E-state index contributed by atoms with van der Waals surface area (Å²) in [6, 6.07) is 0. The van der Waals surface area contributed by atoms with Crippen molar-refractivity contribution in [2.75, 3.05) is 18.5 Å². The van der Waals surface area contributed by atoms with Crippen LogP contribution in [0.2, 0.25) is 0 Å². The van der Waals surface area contributed by atoms with Crippen molar-refractivity contribution in [1.29, 1.82) is 0 Å². The minimum Gasteiger partial charge on any atom is -0.358 e. The van der Waals surface area contributed by atoms with E-state index in [0.717, 1.165) is 24.5 Å². The standard InChI is InChI=1S/C7H11N3O/c1-5-6(11)8-10-4-3-9(2)7(5)10/h3-4H2,1-2H3,(H,8,11). The lowest BCUT2D eigenvalue weighted by molar-refractivity contribution is 0.683. The third kappa shape index (κ3) is 0.721. The molecule has 1 N–H and O–H groups in total. The summed E-state index contributed by atoms with van der Waals surface area (Å²) in [6.45, 7) is 3.74. The molecule has 1 aliphatic heterocycles. The molecular formula is C7H11N3O. The number of aromatic amines is 1. The summed E-state index contributed by atoms with van der Waals surface area (Å²) < 4.78 is 1.90. The SMILES string of the molecule is Cc1c2n([nH]c1=O)CCN2C. The molecule has 0 unspecified atom stereocenters. The van der Waals surface area contributed by atoms with Crippen LogP contribution in [0.3, 0.4) is 0 Å². The quantitative estimate of drug-likeness (QED) is 0.567. The minimum absolute atomic E-state index is 0.0338. The van der Waals surface area contributed by atoms with Crippen LogP contribution in [0, 0.1) is 6.92 Å². The lowest BCUT2D eigenvalue weighted by Gasteiger charge is -2.08. The number of hydrogen-bond acceptors (Lipinski definition) is 2. The van der Waals surface area contributed by atoms with Gasteiger partial charge in [-0.25, -0.2) is 0 Å². The molecule has 0 fully saturated rings. The van der Waals surface area contributed by atoms with Gasteiger partial charge in [-0.05, 0) is 6.92 Å². The molecular weight excluding hydrogens is 142 g/mol. The maximum Gasteiger partial charge on any atom is 0.269 e. The highest BCUT2D eigenvalue weighted by Gasteiger charge is 2.19. The van der Waals surface area contributed by atoms with Crippen LogP contribution in [-0.4, -0.2) is 23.4 Å². The van der Waals surface area contributed by atoms with Crippen molar-refractivity contribution in [3.8, 4) is 0 Å². The predicted molar refractivity (Wildman–Crippen MR) is 43.1 cm³/mol. The van der Waals surface area contributed by atoms with Gasteiger partial charge in [0.05, 0.1) is 12.1 Å². The molecule has 0 radical (unpaired) electrons. The molecule has 0 atom stereocenters. The van der Waals surface area contributed by atoms with Crippen molar-refractivity contribution in [1.82, 2.24) is 9.78 Å². The topological polar surface area (TPSA) is 41.0 Å². The smallest absolute Gasteiger partial charge is 0.269 e. The molecule has 2 heterocycles. The molecule has 0 aliphatic carbocycles. The molecule has 4 heteroatoms. The third-order valence-corrected chi connectivity index (χ3v) is 2.19. The summed E-state index contributed by atoms with van der Waals surface area (Å²) in [5.74, 6) is 1.04. The highest BCUT2D eigenvalue weighted by atomic mass is 16.1. The zero-order valence-electron chi connectivity index (χ0n) is 6.72. The second-order valence-electron chi connectivity index (χ2n) is 2.96. The molecule has 1 aliphatic rings. The van der Waals surface area contributed by atoms with E-state index in [1.807, 2.05) is 18.7 Å². The molecule has 2 rings (SSSR count). The molecule has 0 saturated heterocycles. The van der Waals surface area contributed by atoms with Gasteiger partial charge in [0.2, 0.25) is 0 Å². The fourth-order valence-corrected chi connectivity index (χ4v) is 1.57. The molecule has 0 saturated carbocycles. The number of anilines is 1. The van der Waals surface area contributed by atoms with Crippen LogP contribution in [-0.2, 0) is 6.54 Å². The van der Waals surface area contributed by atoms with Crippen molar-refractivity contribution in [2.45, 2.75) is 13.5 Å². The van der Waals surface area contributed by atoms with Crippen LogP contribution in [0.5, 0.6) is 0 Å². The fraction of sp³-hybridized carbons (Fsp3) is 0.571. The van der Waals surface area contributed by atoms with Gasteiger partial charge < -0.3 is 4.90 Å². The van der Waals surface area contributed by atoms with E-state index in [9.17, 15) is 4.79 Å². The average Bonchev–Trinajstić information content (AvgIpc) is 2.41. The maximum absolute atomic E-state index is 11.1. The van der Waals surface area contributed by atoms with Gasteiger partial charge in [0.1, 0.15) is 5.82 Å².